The highest BCUT2D eigenvalue weighted by Crippen LogP contribution is 2.16. The van der Waals surface area contributed by atoms with E-state index in [9.17, 15) is 4.79 Å². The third-order valence-electron chi connectivity index (χ3n) is 2.22. The number of hydrogen-bond donors (Lipinski definition) is 1. The van der Waals surface area contributed by atoms with E-state index in [-0.39, 0.29) is 5.69 Å². The second-order valence-electron chi connectivity index (χ2n) is 3.29. The summed E-state index contributed by atoms with van der Waals surface area (Å²) in [5.74, 6) is -0.513. The van der Waals surface area contributed by atoms with Crippen LogP contribution in [0.15, 0.2) is 12.4 Å². The normalized spacial score (nSPS) is 20.8. The van der Waals surface area contributed by atoms with Crippen molar-refractivity contribution >= 4 is 23.4 Å². The number of ether oxygens (including phenoxy) is 1. The zero-order valence-electron chi connectivity index (χ0n) is 8.34. The lowest BCUT2D eigenvalue weighted by molar-refractivity contribution is 0.0690. The van der Waals surface area contributed by atoms with Gasteiger partial charge in [-0.3, -0.25) is 0 Å². The lowest BCUT2D eigenvalue weighted by Gasteiger charge is -2.30. The zero-order chi connectivity index (χ0) is 11.5. The molecule has 1 aliphatic rings. The van der Waals surface area contributed by atoms with Gasteiger partial charge < -0.3 is 14.7 Å². The molecule has 1 aromatic heterocycles. The van der Waals surface area contributed by atoms with E-state index in [4.69, 9.17) is 21.4 Å². The largest absolute Gasteiger partial charge is 0.477 e. The van der Waals surface area contributed by atoms with Crippen LogP contribution in [-0.2, 0) is 4.74 Å². The van der Waals surface area contributed by atoms with E-state index in [1.807, 2.05) is 4.90 Å². The summed E-state index contributed by atoms with van der Waals surface area (Å²) in [6, 6.07) is 1.43. The molecule has 86 valence electrons. The van der Waals surface area contributed by atoms with Crippen LogP contribution in [0.25, 0.3) is 0 Å². The van der Waals surface area contributed by atoms with Crippen LogP contribution in [0.4, 0.5) is 5.82 Å². The van der Waals surface area contributed by atoms with Crippen LogP contribution >= 0.6 is 11.6 Å². The smallest absolute Gasteiger partial charge is 0.354 e. The van der Waals surface area contributed by atoms with E-state index in [1.165, 1.54) is 12.4 Å². The molecule has 16 heavy (non-hydrogen) atoms. The second kappa shape index (κ2) is 4.63. The summed E-state index contributed by atoms with van der Waals surface area (Å²) in [6.07, 6.45) is 1.23. The van der Waals surface area contributed by atoms with Crippen molar-refractivity contribution in [2.75, 3.05) is 24.6 Å². The molecule has 1 aliphatic heterocycles. The molecular weight excluding hydrogens is 234 g/mol. The van der Waals surface area contributed by atoms with E-state index in [2.05, 4.69) is 9.97 Å². The van der Waals surface area contributed by atoms with Crippen LogP contribution < -0.4 is 4.90 Å². The number of carboxylic acids is 1. The van der Waals surface area contributed by atoms with Gasteiger partial charge in [-0.15, -0.1) is 0 Å². The van der Waals surface area contributed by atoms with Gasteiger partial charge >= 0.3 is 5.97 Å². The summed E-state index contributed by atoms with van der Waals surface area (Å²) in [5.41, 5.74) is -0.417. The minimum atomic E-state index is -1.07. The minimum Gasteiger partial charge on any atom is -0.477 e. The molecule has 0 aliphatic carbocycles. The topological polar surface area (TPSA) is 75.5 Å². The molecule has 0 amide bonds. The van der Waals surface area contributed by atoms with Crippen molar-refractivity contribution in [1.29, 1.82) is 0 Å². The third kappa shape index (κ3) is 2.40. The van der Waals surface area contributed by atoms with Crippen molar-refractivity contribution in [2.45, 2.75) is 5.56 Å². The number of carboxylic acid groups (broad SMARTS) is 1. The number of hydrogen-bond acceptors (Lipinski definition) is 5. The van der Waals surface area contributed by atoms with E-state index >= 15 is 0 Å². The number of carbonyl (C=O) groups is 1. The van der Waals surface area contributed by atoms with Crippen LogP contribution in [-0.4, -0.2) is 46.3 Å². The quantitative estimate of drug-likeness (QED) is 0.766. The molecule has 0 bridgehead atoms. The van der Waals surface area contributed by atoms with Crippen molar-refractivity contribution in [2.24, 2.45) is 0 Å². The fourth-order valence-electron chi connectivity index (χ4n) is 1.45. The zero-order valence-corrected chi connectivity index (χ0v) is 9.09. The van der Waals surface area contributed by atoms with Crippen molar-refractivity contribution in [3.05, 3.63) is 18.1 Å². The predicted octanol–water partition coefficient (Wildman–Crippen LogP) is 0.576. The van der Waals surface area contributed by atoms with Crippen LogP contribution in [0.1, 0.15) is 10.5 Å². The summed E-state index contributed by atoms with van der Waals surface area (Å²) in [4.78, 5) is 20.3. The molecule has 1 fully saturated rings. The molecule has 1 saturated heterocycles. The van der Waals surface area contributed by atoms with Crippen LogP contribution in [0.2, 0.25) is 0 Å². The molecule has 6 nitrogen and oxygen atoms in total. The molecule has 1 atom stereocenters. The highest BCUT2D eigenvalue weighted by molar-refractivity contribution is 6.20. The van der Waals surface area contributed by atoms with Gasteiger partial charge in [0.25, 0.3) is 0 Å². The number of morpholine rings is 1. The van der Waals surface area contributed by atoms with Gasteiger partial charge in [0.1, 0.15) is 17.7 Å². The Morgan fingerprint density at radius 2 is 2.44 bits per heavy atom. The third-order valence-corrected chi connectivity index (χ3v) is 2.48. The van der Waals surface area contributed by atoms with Gasteiger partial charge in [0.15, 0.2) is 5.69 Å². The Bertz CT molecular complexity index is 401. The number of alkyl halides is 1. The van der Waals surface area contributed by atoms with Crippen molar-refractivity contribution < 1.29 is 14.6 Å². The monoisotopic (exact) mass is 243 g/mol. The molecule has 1 unspecified atom stereocenters. The molecular formula is C9H10ClN3O3. The second-order valence-corrected chi connectivity index (χ2v) is 3.78. The van der Waals surface area contributed by atoms with Gasteiger partial charge in [0, 0.05) is 12.6 Å². The summed E-state index contributed by atoms with van der Waals surface area (Å²) >= 11 is 5.84. The lowest BCUT2D eigenvalue weighted by atomic mass is 10.3. The first-order valence-corrected chi connectivity index (χ1v) is 5.16. The fraction of sp³-hybridized carbons (Fsp3) is 0.444. The number of halogens is 1. The summed E-state index contributed by atoms with van der Waals surface area (Å²) in [6.45, 7) is 1.62. The van der Waals surface area contributed by atoms with Gasteiger partial charge in [-0.25, -0.2) is 14.8 Å². The van der Waals surface area contributed by atoms with Gasteiger partial charge in [0.05, 0.1) is 13.2 Å². The molecule has 0 saturated carbocycles. The van der Waals surface area contributed by atoms with Crippen molar-refractivity contribution in [3.8, 4) is 0 Å². The Kier molecular flexibility index (Phi) is 3.21. The average molecular weight is 244 g/mol. The Morgan fingerprint density at radius 3 is 3.12 bits per heavy atom. The highest BCUT2D eigenvalue weighted by atomic mass is 35.5. The lowest BCUT2D eigenvalue weighted by Crippen LogP contribution is -2.40. The summed E-state index contributed by atoms with van der Waals surface area (Å²) in [7, 11) is 0. The Balaban J connectivity index is 2.19. The van der Waals surface area contributed by atoms with Gasteiger partial charge in [-0.2, -0.15) is 0 Å². The maximum absolute atomic E-state index is 10.7. The highest BCUT2D eigenvalue weighted by Gasteiger charge is 2.20. The molecule has 0 spiro atoms. The first-order chi connectivity index (χ1) is 7.66. The van der Waals surface area contributed by atoms with Crippen LogP contribution in [0, 0.1) is 0 Å². The number of aromatic carboxylic acids is 1. The Morgan fingerprint density at radius 1 is 1.62 bits per heavy atom. The molecule has 2 heterocycles. The predicted molar refractivity (Wildman–Crippen MR) is 56.8 cm³/mol. The number of aromatic nitrogens is 2. The Hall–Kier alpha value is -1.40. The van der Waals surface area contributed by atoms with Crippen LogP contribution in [0.3, 0.4) is 0 Å². The van der Waals surface area contributed by atoms with E-state index in [1.54, 1.807) is 0 Å². The van der Waals surface area contributed by atoms with Gasteiger partial charge in [-0.1, -0.05) is 11.6 Å². The SMILES string of the molecule is O=C(O)c1cc(N2CCOC(Cl)C2)ncn1. The minimum absolute atomic E-state index is 0.0254. The molecule has 0 radical (unpaired) electrons. The average Bonchev–Trinajstić information content (AvgIpc) is 2.29. The fourth-order valence-corrected chi connectivity index (χ4v) is 1.71. The molecule has 1 aromatic rings. The molecule has 0 aromatic carbocycles. The maximum atomic E-state index is 10.7. The maximum Gasteiger partial charge on any atom is 0.354 e. The molecule has 1 N–H and O–H groups in total. The van der Waals surface area contributed by atoms with Crippen molar-refractivity contribution in [3.63, 3.8) is 0 Å². The van der Waals surface area contributed by atoms with E-state index in [0.29, 0.717) is 25.5 Å². The van der Waals surface area contributed by atoms with Gasteiger partial charge in [-0.05, 0) is 0 Å². The standard InChI is InChI=1S/C9H10ClN3O3/c10-7-4-13(1-2-16-7)8-3-6(9(14)15)11-5-12-8/h3,5,7H,1-2,4H2,(H,14,15). The van der Waals surface area contributed by atoms with E-state index < -0.39 is 11.5 Å². The van der Waals surface area contributed by atoms with Crippen molar-refractivity contribution in [1.82, 2.24) is 9.97 Å². The number of nitrogens with zero attached hydrogens (tertiary/aromatic N) is 3. The molecule has 7 heteroatoms. The summed E-state index contributed by atoms with van der Waals surface area (Å²) < 4.78 is 5.17. The number of anilines is 1. The Labute approximate surface area is 96.8 Å². The molecule has 2 rings (SSSR count). The first-order valence-electron chi connectivity index (χ1n) is 4.73. The first kappa shape index (κ1) is 11.1. The summed E-state index contributed by atoms with van der Waals surface area (Å²) in [5, 5.41) is 8.80. The van der Waals surface area contributed by atoms with Crippen LogP contribution in [0.5, 0.6) is 0 Å². The van der Waals surface area contributed by atoms with E-state index in [0.717, 1.165) is 0 Å². The van der Waals surface area contributed by atoms with Gasteiger partial charge in [0.2, 0.25) is 0 Å². The number of rotatable bonds is 2.